The largest absolute Gasteiger partial charge is 0.381 e. The third kappa shape index (κ3) is 3.89. The van der Waals surface area contributed by atoms with Crippen molar-refractivity contribution in [3.05, 3.63) is 54.4 Å². The molecule has 0 amide bonds. The lowest BCUT2D eigenvalue weighted by Gasteiger charge is -2.21. The number of benzene rings is 1. The van der Waals surface area contributed by atoms with Crippen LogP contribution in [0.2, 0.25) is 0 Å². The van der Waals surface area contributed by atoms with Gasteiger partial charge < -0.3 is 14.6 Å². The van der Waals surface area contributed by atoms with Crippen LogP contribution in [0.25, 0.3) is 0 Å². The van der Waals surface area contributed by atoms with E-state index in [2.05, 4.69) is 10.3 Å². The van der Waals surface area contributed by atoms with Crippen LogP contribution in [0.1, 0.15) is 18.0 Å². The van der Waals surface area contributed by atoms with Crippen LogP contribution in [0.3, 0.4) is 0 Å². The Morgan fingerprint density at radius 2 is 2.24 bits per heavy atom. The van der Waals surface area contributed by atoms with E-state index in [9.17, 15) is 4.39 Å². The highest BCUT2D eigenvalue weighted by molar-refractivity contribution is 5.20. The minimum atomic E-state index is -0.204. The monoisotopic (exact) mass is 289 g/mol. The van der Waals surface area contributed by atoms with Crippen molar-refractivity contribution < 1.29 is 9.13 Å². The molecule has 5 heteroatoms. The van der Waals surface area contributed by atoms with Gasteiger partial charge in [0.05, 0.1) is 19.0 Å². The third-order valence-corrected chi connectivity index (χ3v) is 3.90. The van der Waals surface area contributed by atoms with Gasteiger partial charge in [0.25, 0.3) is 0 Å². The van der Waals surface area contributed by atoms with Gasteiger partial charge in [0.15, 0.2) is 0 Å². The van der Waals surface area contributed by atoms with E-state index >= 15 is 0 Å². The first-order valence-electron chi connectivity index (χ1n) is 7.33. The molecule has 1 saturated heterocycles. The second-order valence-corrected chi connectivity index (χ2v) is 5.50. The molecule has 1 fully saturated rings. The van der Waals surface area contributed by atoms with Gasteiger partial charge in [-0.1, -0.05) is 12.1 Å². The first-order valence-corrected chi connectivity index (χ1v) is 7.33. The SMILES string of the molecule is Fc1ccc(C(Cn2ccnc2)NCC2CCOC2)cc1. The maximum Gasteiger partial charge on any atom is 0.123 e. The van der Waals surface area contributed by atoms with E-state index in [-0.39, 0.29) is 11.9 Å². The highest BCUT2D eigenvalue weighted by Gasteiger charge is 2.18. The Balaban J connectivity index is 1.68. The fraction of sp³-hybridized carbons (Fsp3) is 0.438. The summed E-state index contributed by atoms with van der Waals surface area (Å²) in [6, 6.07) is 6.84. The molecule has 0 saturated carbocycles. The van der Waals surface area contributed by atoms with Crippen LogP contribution in [-0.2, 0) is 11.3 Å². The van der Waals surface area contributed by atoms with Gasteiger partial charge in [-0.05, 0) is 30.0 Å². The van der Waals surface area contributed by atoms with Crippen molar-refractivity contribution in [2.45, 2.75) is 19.0 Å². The molecule has 21 heavy (non-hydrogen) atoms. The molecule has 2 aromatic rings. The van der Waals surface area contributed by atoms with Gasteiger partial charge >= 0.3 is 0 Å². The molecular weight excluding hydrogens is 269 g/mol. The molecule has 2 atom stereocenters. The van der Waals surface area contributed by atoms with Crippen LogP contribution < -0.4 is 5.32 Å². The highest BCUT2D eigenvalue weighted by Crippen LogP contribution is 2.18. The average molecular weight is 289 g/mol. The van der Waals surface area contributed by atoms with Crippen molar-refractivity contribution in [2.24, 2.45) is 5.92 Å². The van der Waals surface area contributed by atoms with Crippen LogP contribution in [0.4, 0.5) is 4.39 Å². The van der Waals surface area contributed by atoms with E-state index in [0.717, 1.165) is 38.3 Å². The smallest absolute Gasteiger partial charge is 0.123 e. The second kappa shape index (κ2) is 6.83. The zero-order valence-corrected chi connectivity index (χ0v) is 11.9. The fourth-order valence-corrected chi connectivity index (χ4v) is 2.64. The molecule has 1 aromatic carbocycles. The standard InChI is InChI=1S/C16H20FN3O/c17-15-3-1-14(2-4-15)16(10-20-7-6-18-12-20)19-9-13-5-8-21-11-13/h1-4,6-7,12-13,16,19H,5,8-11H2. The van der Waals surface area contributed by atoms with Crippen molar-refractivity contribution >= 4 is 0 Å². The summed E-state index contributed by atoms with van der Waals surface area (Å²) >= 11 is 0. The molecule has 112 valence electrons. The normalized spacial score (nSPS) is 19.8. The van der Waals surface area contributed by atoms with Crippen molar-refractivity contribution in [1.82, 2.24) is 14.9 Å². The van der Waals surface area contributed by atoms with Gasteiger partial charge in [0, 0.05) is 32.1 Å². The van der Waals surface area contributed by atoms with Crippen molar-refractivity contribution in [1.29, 1.82) is 0 Å². The molecule has 3 rings (SSSR count). The molecule has 0 aliphatic carbocycles. The molecule has 2 unspecified atom stereocenters. The molecule has 0 radical (unpaired) electrons. The van der Waals surface area contributed by atoms with E-state index in [1.165, 1.54) is 12.1 Å². The van der Waals surface area contributed by atoms with E-state index in [4.69, 9.17) is 4.74 Å². The van der Waals surface area contributed by atoms with E-state index in [0.29, 0.717) is 5.92 Å². The minimum Gasteiger partial charge on any atom is -0.381 e. The molecular formula is C16H20FN3O. The Hall–Kier alpha value is -1.72. The molecule has 1 N–H and O–H groups in total. The van der Waals surface area contributed by atoms with E-state index in [1.807, 2.05) is 22.9 Å². The fourth-order valence-electron chi connectivity index (χ4n) is 2.64. The van der Waals surface area contributed by atoms with E-state index in [1.54, 1.807) is 12.5 Å². The van der Waals surface area contributed by atoms with Gasteiger partial charge in [-0.25, -0.2) is 9.37 Å². The number of nitrogens with zero attached hydrogens (tertiary/aromatic N) is 2. The Labute approximate surface area is 124 Å². The summed E-state index contributed by atoms with van der Waals surface area (Å²) in [4.78, 5) is 4.08. The van der Waals surface area contributed by atoms with Gasteiger partial charge in [0.2, 0.25) is 0 Å². The lowest BCUT2D eigenvalue weighted by molar-refractivity contribution is 0.184. The molecule has 0 bridgehead atoms. The molecule has 1 aliphatic heterocycles. The lowest BCUT2D eigenvalue weighted by atomic mass is 10.0. The predicted octanol–water partition coefficient (Wildman–Crippen LogP) is 2.39. The first-order chi connectivity index (χ1) is 10.3. The number of imidazole rings is 1. The zero-order chi connectivity index (χ0) is 14.5. The topological polar surface area (TPSA) is 39.1 Å². The summed E-state index contributed by atoms with van der Waals surface area (Å²) in [5.41, 5.74) is 1.09. The Morgan fingerprint density at radius 3 is 2.90 bits per heavy atom. The van der Waals surface area contributed by atoms with Crippen molar-refractivity contribution in [3.8, 4) is 0 Å². The number of rotatable bonds is 6. The van der Waals surface area contributed by atoms with Crippen LogP contribution in [0.5, 0.6) is 0 Å². The van der Waals surface area contributed by atoms with Gasteiger partial charge in [-0.15, -0.1) is 0 Å². The highest BCUT2D eigenvalue weighted by atomic mass is 19.1. The van der Waals surface area contributed by atoms with Crippen molar-refractivity contribution in [2.75, 3.05) is 19.8 Å². The molecule has 4 nitrogen and oxygen atoms in total. The Kier molecular flexibility index (Phi) is 4.62. The van der Waals surface area contributed by atoms with Crippen LogP contribution in [-0.4, -0.2) is 29.3 Å². The Morgan fingerprint density at radius 1 is 1.38 bits per heavy atom. The van der Waals surface area contributed by atoms with E-state index < -0.39 is 0 Å². The maximum absolute atomic E-state index is 13.1. The summed E-state index contributed by atoms with van der Waals surface area (Å²) < 4.78 is 20.6. The van der Waals surface area contributed by atoms with Crippen LogP contribution in [0, 0.1) is 11.7 Å². The minimum absolute atomic E-state index is 0.139. The number of ether oxygens (including phenoxy) is 1. The summed E-state index contributed by atoms with van der Waals surface area (Å²) in [7, 11) is 0. The Bertz CT molecular complexity index is 535. The number of aromatic nitrogens is 2. The maximum atomic E-state index is 13.1. The lowest BCUT2D eigenvalue weighted by Crippen LogP contribution is -2.30. The first kappa shape index (κ1) is 14.2. The third-order valence-electron chi connectivity index (χ3n) is 3.90. The summed E-state index contributed by atoms with van der Waals surface area (Å²) in [5, 5.41) is 3.58. The number of hydrogen-bond acceptors (Lipinski definition) is 3. The number of halogens is 1. The summed E-state index contributed by atoms with van der Waals surface area (Å²) in [6.45, 7) is 3.37. The van der Waals surface area contributed by atoms with Gasteiger partial charge in [-0.2, -0.15) is 0 Å². The molecule has 0 spiro atoms. The zero-order valence-electron chi connectivity index (χ0n) is 11.9. The average Bonchev–Trinajstić information content (AvgIpc) is 3.18. The van der Waals surface area contributed by atoms with Crippen LogP contribution >= 0.6 is 0 Å². The number of nitrogens with one attached hydrogen (secondary N) is 1. The summed E-state index contributed by atoms with van der Waals surface area (Å²) in [6.07, 6.45) is 6.62. The molecule has 2 heterocycles. The van der Waals surface area contributed by atoms with Gasteiger partial charge in [0.1, 0.15) is 5.82 Å². The molecule has 1 aliphatic rings. The molecule has 1 aromatic heterocycles. The summed E-state index contributed by atoms with van der Waals surface area (Å²) in [5.74, 6) is 0.361. The van der Waals surface area contributed by atoms with Gasteiger partial charge in [-0.3, -0.25) is 0 Å². The quantitative estimate of drug-likeness (QED) is 0.887. The van der Waals surface area contributed by atoms with Crippen LogP contribution in [0.15, 0.2) is 43.0 Å². The predicted molar refractivity (Wildman–Crippen MR) is 78.3 cm³/mol. The van der Waals surface area contributed by atoms with Crippen molar-refractivity contribution in [3.63, 3.8) is 0 Å². The number of hydrogen-bond donors (Lipinski definition) is 1. The second-order valence-electron chi connectivity index (χ2n) is 5.50.